The molecule has 2 nitrogen and oxygen atoms in total. The quantitative estimate of drug-likeness (QED) is 0.688. The molecule has 0 aromatic heterocycles. The van der Waals surface area contributed by atoms with Gasteiger partial charge in [-0.05, 0) is 69.2 Å². The normalized spacial score (nSPS) is 31.4. The number of hydrogen-bond donors (Lipinski definition) is 1. The zero-order valence-electron chi connectivity index (χ0n) is 14.3. The summed E-state index contributed by atoms with van der Waals surface area (Å²) in [5.41, 5.74) is 0.768. The van der Waals surface area contributed by atoms with Gasteiger partial charge < -0.3 is 10.1 Å². The van der Waals surface area contributed by atoms with Gasteiger partial charge in [-0.2, -0.15) is 0 Å². The first kappa shape index (κ1) is 15.8. The van der Waals surface area contributed by atoms with Gasteiger partial charge >= 0.3 is 0 Å². The van der Waals surface area contributed by atoms with E-state index in [2.05, 4.69) is 19.2 Å². The fourth-order valence-electron chi connectivity index (χ4n) is 4.84. The molecule has 2 atom stereocenters. The minimum Gasteiger partial charge on any atom is -0.372 e. The lowest BCUT2D eigenvalue weighted by atomic mass is 9.78. The summed E-state index contributed by atoms with van der Waals surface area (Å²) in [6.07, 6.45) is 15.5. The molecule has 1 spiro atoms. The Bertz CT molecular complexity index is 332. The van der Waals surface area contributed by atoms with Crippen molar-refractivity contribution in [1.29, 1.82) is 0 Å². The molecule has 1 aliphatic heterocycles. The van der Waals surface area contributed by atoms with Crippen molar-refractivity contribution in [2.45, 2.75) is 96.2 Å². The van der Waals surface area contributed by atoms with Gasteiger partial charge in [-0.15, -0.1) is 0 Å². The first-order chi connectivity index (χ1) is 10.2. The van der Waals surface area contributed by atoms with Crippen LogP contribution in [0.5, 0.6) is 0 Å². The van der Waals surface area contributed by atoms with Gasteiger partial charge in [0.25, 0.3) is 0 Å². The molecule has 2 unspecified atom stereocenters. The highest BCUT2D eigenvalue weighted by atomic mass is 16.5. The summed E-state index contributed by atoms with van der Waals surface area (Å²) in [5, 5.41) is 3.69. The van der Waals surface area contributed by atoms with Crippen LogP contribution in [0.25, 0.3) is 0 Å². The Labute approximate surface area is 131 Å². The molecule has 21 heavy (non-hydrogen) atoms. The van der Waals surface area contributed by atoms with Crippen LogP contribution in [0.3, 0.4) is 0 Å². The van der Waals surface area contributed by atoms with Crippen molar-refractivity contribution in [1.82, 2.24) is 5.32 Å². The van der Waals surface area contributed by atoms with E-state index in [1.807, 2.05) is 0 Å². The minimum absolute atomic E-state index is 0.296. The SMILES string of the molecule is CCCNCC(C)(CC1CCC2(CCCCC2)O1)C1CC1. The van der Waals surface area contributed by atoms with E-state index < -0.39 is 0 Å². The van der Waals surface area contributed by atoms with Crippen molar-refractivity contribution < 1.29 is 4.74 Å². The zero-order valence-corrected chi connectivity index (χ0v) is 14.3. The van der Waals surface area contributed by atoms with Gasteiger partial charge in [-0.3, -0.25) is 0 Å². The molecule has 1 N–H and O–H groups in total. The molecular formula is C19H35NO. The number of rotatable bonds is 7. The number of hydrogen-bond acceptors (Lipinski definition) is 2. The Morgan fingerprint density at radius 2 is 1.86 bits per heavy atom. The minimum atomic E-state index is 0.296. The van der Waals surface area contributed by atoms with E-state index >= 15 is 0 Å². The fourth-order valence-corrected chi connectivity index (χ4v) is 4.84. The molecule has 1 saturated heterocycles. The van der Waals surface area contributed by atoms with E-state index in [0.29, 0.717) is 17.1 Å². The van der Waals surface area contributed by atoms with Gasteiger partial charge in [-0.25, -0.2) is 0 Å². The predicted molar refractivity (Wildman–Crippen MR) is 88.5 cm³/mol. The van der Waals surface area contributed by atoms with Gasteiger partial charge in [0.05, 0.1) is 11.7 Å². The van der Waals surface area contributed by atoms with Crippen LogP contribution < -0.4 is 5.32 Å². The summed E-state index contributed by atoms with van der Waals surface area (Å²) in [5.74, 6) is 0.952. The second-order valence-corrected chi connectivity index (χ2v) is 8.33. The molecular weight excluding hydrogens is 258 g/mol. The Morgan fingerprint density at radius 1 is 1.10 bits per heavy atom. The molecule has 3 fully saturated rings. The summed E-state index contributed by atoms with van der Waals surface area (Å²) in [4.78, 5) is 0. The Morgan fingerprint density at radius 3 is 2.52 bits per heavy atom. The van der Waals surface area contributed by atoms with Crippen molar-refractivity contribution in [3.8, 4) is 0 Å². The maximum atomic E-state index is 6.64. The third-order valence-corrected chi connectivity index (χ3v) is 6.32. The topological polar surface area (TPSA) is 21.3 Å². The summed E-state index contributed by atoms with van der Waals surface area (Å²) < 4.78 is 6.64. The number of nitrogens with one attached hydrogen (secondary N) is 1. The molecule has 122 valence electrons. The molecule has 0 amide bonds. The molecule has 2 saturated carbocycles. The standard InChI is InChI=1S/C19H35NO/c1-3-13-20-15-18(2,16-7-8-16)14-17-9-12-19(21-17)10-5-4-6-11-19/h16-17,20H,3-15H2,1-2H3. The number of ether oxygens (including phenoxy) is 1. The Balaban J connectivity index is 1.54. The monoisotopic (exact) mass is 293 g/mol. The van der Waals surface area contributed by atoms with Crippen molar-refractivity contribution in [2.75, 3.05) is 13.1 Å². The van der Waals surface area contributed by atoms with E-state index in [4.69, 9.17) is 4.74 Å². The fraction of sp³-hybridized carbons (Fsp3) is 1.00. The maximum Gasteiger partial charge on any atom is 0.0687 e. The van der Waals surface area contributed by atoms with Gasteiger partial charge in [0.2, 0.25) is 0 Å². The van der Waals surface area contributed by atoms with E-state index in [1.54, 1.807) is 0 Å². The van der Waals surface area contributed by atoms with Gasteiger partial charge in [-0.1, -0.05) is 33.1 Å². The third kappa shape index (κ3) is 3.82. The van der Waals surface area contributed by atoms with Gasteiger partial charge in [0.15, 0.2) is 0 Å². The van der Waals surface area contributed by atoms with E-state index in [1.165, 1.54) is 77.2 Å². The molecule has 2 aliphatic carbocycles. The highest BCUT2D eigenvalue weighted by molar-refractivity contribution is 4.98. The molecule has 0 radical (unpaired) electrons. The van der Waals surface area contributed by atoms with Crippen molar-refractivity contribution in [2.24, 2.45) is 11.3 Å². The molecule has 1 heterocycles. The van der Waals surface area contributed by atoms with Crippen LogP contribution in [-0.2, 0) is 4.74 Å². The van der Waals surface area contributed by atoms with Crippen LogP contribution in [-0.4, -0.2) is 24.8 Å². The maximum absolute atomic E-state index is 6.64. The largest absolute Gasteiger partial charge is 0.372 e. The van der Waals surface area contributed by atoms with E-state index in [-0.39, 0.29) is 0 Å². The van der Waals surface area contributed by atoms with Crippen molar-refractivity contribution in [3.63, 3.8) is 0 Å². The summed E-state index contributed by atoms with van der Waals surface area (Å²) in [6, 6.07) is 0. The van der Waals surface area contributed by atoms with Crippen LogP contribution in [0, 0.1) is 11.3 Å². The molecule has 0 aromatic carbocycles. The summed E-state index contributed by atoms with van der Waals surface area (Å²) in [7, 11) is 0. The first-order valence-corrected chi connectivity index (χ1v) is 9.54. The second-order valence-electron chi connectivity index (χ2n) is 8.33. The highest BCUT2D eigenvalue weighted by Gasteiger charge is 2.47. The Hall–Kier alpha value is -0.0800. The lowest BCUT2D eigenvalue weighted by Crippen LogP contribution is -2.38. The third-order valence-electron chi connectivity index (χ3n) is 6.32. The molecule has 3 aliphatic rings. The van der Waals surface area contributed by atoms with Gasteiger partial charge in [0, 0.05) is 6.54 Å². The van der Waals surface area contributed by atoms with Crippen LogP contribution in [0.4, 0.5) is 0 Å². The molecule has 0 aromatic rings. The van der Waals surface area contributed by atoms with E-state index in [0.717, 1.165) is 12.5 Å². The first-order valence-electron chi connectivity index (χ1n) is 9.54. The molecule has 2 heteroatoms. The summed E-state index contributed by atoms with van der Waals surface area (Å²) in [6.45, 7) is 7.13. The van der Waals surface area contributed by atoms with Gasteiger partial charge in [0.1, 0.15) is 0 Å². The van der Waals surface area contributed by atoms with Crippen molar-refractivity contribution in [3.05, 3.63) is 0 Å². The molecule has 0 bridgehead atoms. The Kier molecular flexibility index (Phi) is 4.95. The zero-order chi connectivity index (χ0) is 14.8. The van der Waals surface area contributed by atoms with Crippen LogP contribution in [0.2, 0.25) is 0 Å². The average molecular weight is 293 g/mol. The molecule has 3 rings (SSSR count). The average Bonchev–Trinajstić information content (AvgIpc) is 3.27. The predicted octanol–water partition coefficient (Wildman–Crippen LogP) is 4.67. The summed E-state index contributed by atoms with van der Waals surface area (Å²) >= 11 is 0. The van der Waals surface area contributed by atoms with E-state index in [9.17, 15) is 0 Å². The highest BCUT2D eigenvalue weighted by Crippen LogP contribution is 2.51. The second kappa shape index (κ2) is 6.58. The smallest absolute Gasteiger partial charge is 0.0687 e. The van der Waals surface area contributed by atoms with Crippen LogP contribution in [0.1, 0.15) is 84.5 Å². The lowest BCUT2D eigenvalue weighted by molar-refractivity contribution is -0.0773. The van der Waals surface area contributed by atoms with Crippen LogP contribution >= 0.6 is 0 Å². The van der Waals surface area contributed by atoms with Crippen LogP contribution in [0.15, 0.2) is 0 Å². The van der Waals surface area contributed by atoms with Crippen molar-refractivity contribution >= 4 is 0 Å². The lowest BCUT2D eigenvalue weighted by Gasteiger charge is -2.36.